The molecule has 2 fully saturated rings. The topological polar surface area (TPSA) is 87.2 Å². The number of aryl methyl sites for hydroxylation is 1. The minimum Gasteiger partial charge on any atom is -0.335 e. The summed E-state index contributed by atoms with van der Waals surface area (Å²) < 4.78 is 1.26. The van der Waals surface area contributed by atoms with Gasteiger partial charge in [0.1, 0.15) is 0 Å². The van der Waals surface area contributed by atoms with Gasteiger partial charge in [0.15, 0.2) is 0 Å². The molecule has 0 radical (unpaired) electrons. The number of hydrogen-bond donors (Lipinski definition) is 2. The van der Waals surface area contributed by atoms with Crippen LogP contribution in [0.15, 0.2) is 33.9 Å². The van der Waals surface area contributed by atoms with Gasteiger partial charge < -0.3 is 10.2 Å². The zero-order valence-corrected chi connectivity index (χ0v) is 14.0. The highest BCUT2D eigenvalue weighted by molar-refractivity contribution is 5.80. The lowest BCUT2D eigenvalue weighted by Gasteiger charge is -2.28. The zero-order valence-electron chi connectivity index (χ0n) is 14.0. The molecule has 7 heteroatoms. The van der Waals surface area contributed by atoms with Crippen LogP contribution in [-0.2, 0) is 11.3 Å². The van der Waals surface area contributed by atoms with Crippen molar-refractivity contribution in [3.63, 3.8) is 0 Å². The van der Waals surface area contributed by atoms with Crippen LogP contribution in [0.4, 0.5) is 0 Å². The lowest BCUT2D eigenvalue weighted by Crippen LogP contribution is -2.43. The number of rotatable bonds is 3. The number of carbonyl (C=O) groups is 1. The van der Waals surface area contributed by atoms with Crippen LogP contribution in [0.2, 0.25) is 0 Å². The van der Waals surface area contributed by atoms with E-state index in [4.69, 9.17) is 0 Å². The molecule has 0 aliphatic carbocycles. The van der Waals surface area contributed by atoms with Gasteiger partial charge in [-0.3, -0.25) is 19.5 Å². The number of benzene rings is 1. The van der Waals surface area contributed by atoms with Gasteiger partial charge in [0.2, 0.25) is 5.91 Å². The smallest absolute Gasteiger partial charge is 0.273 e. The number of nitrogens with one attached hydrogen (secondary N) is 2. The van der Waals surface area contributed by atoms with E-state index in [1.54, 1.807) is 24.3 Å². The standard InChI is InChI=1S/C18H22N4O3/c23-16(22-12-5-6-13(22)11-19-9-7-12)8-10-21-18(25)15-4-2-1-3-14(15)17(24)20-21/h1-4,12-13,19H,5-11H2,(H,20,24). The first-order valence-electron chi connectivity index (χ1n) is 8.89. The lowest BCUT2D eigenvalue weighted by atomic mass is 10.1. The maximum atomic E-state index is 12.7. The molecule has 1 aromatic heterocycles. The van der Waals surface area contributed by atoms with E-state index in [9.17, 15) is 14.4 Å². The predicted molar refractivity (Wildman–Crippen MR) is 94.6 cm³/mol. The normalized spacial score (nSPS) is 23.0. The van der Waals surface area contributed by atoms with Crippen LogP contribution in [0, 0.1) is 0 Å². The molecule has 25 heavy (non-hydrogen) atoms. The lowest BCUT2D eigenvalue weighted by molar-refractivity contribution is -0.134. The molecule has 0 saturated carbocycles. The van der Waals surface area contributed by atoms with Crippen molar-refractivity contribution in [3.8, 4) is 0 Å². The highest BCUT2D eigenvalue weighted by atomic mass is 16.2. The molecule has 1 aromatic carbocycles. The summed E-state index contributed by atoms with van der Waals surface area (Å²) in [6.45, 7) is 1.98. The molecule has 0 spiro atoms. The highest BCUT2D eigenvalue weighted by Crippen LogP contribution is 2.28. The molecule has 2 bridgehead atoms. The molecule has 2 aliphatic rings. The molecule has 2 atom stereocenters. The Labute approximate surface area is 144 Å². The Morgan fingerprint density at radius 2 is 1.84 bits per heavy atom. The largest absolute Gasteiger partial charge is 0.335 e. The van der Waals surface area contributed by atoms with Gasteiger partial charge in [0, 0.05) is 25.0 Å². The number of amides is 1. The molecule has 2 N–H and O–H groups in total. The van der Waals surface area contributed by atoms with E-state index < -0.39 is 0 Å². The average Bonchev–Trinajstić information content (AvgIpc) is 2.89. The summed E-state index contributed by atoms with van der Waals surface area (Å²) in [7, 11) is 0. The monoisotopic (exact) mass is 342 g/mol. The van der Waals surface area contributed by atoms with Gasteiger partial charge in [-0.05, 0) is 37.9 Å². The SMILES string of the molecule is O=C(CCn1[nH]c(=O)c2ccccc2c1=O)N1C2CCNCC1CC2. The van der Waals surface area contributed by atoms with Crippen LogP contribution in [0.25, 0.3) is 10.8 Å². The van der Waals surface area contributed by atoms with Gasteiger partial charge in [-0.15, -0.1) is 0 Å². The zero-order chi connectivity index (χ0) is 17.4. The second kappa shape index (κ2) is 6.48. The van der Waals surface area contributed by atoms with Gasteiger partial charge in [-0.2, -0.15) is 0 Å². The molecule has 3 heterocycles. The molecular weight excluding hydrogens is 320 g/mol. The Bertz CT molecular complexity index is 902. The molecule has 2 aliphatic heterocycles. The van der Waals surface area contributed by atoms with Gasteiger partial charge in [0.25, 0.3) is 11.1 Å². The van der Waals surface area contributed by atoms with Crippen LogP contribution in [0.1, 0.15) is 25.7 Å². The number of aromatic amines is 1. The third kappa shape index (κ3) is 2.89. The summed E-state index contributed by atoms with van der Waals surface area (Å²) in [5.41, 5.74) is -0.565. The molecule has 7 nitrogen and oxygen atoms in total. The van der Waals surface area contributed by atoms with E-state index in [1.807, 2.05) is 4.90 Å². The Morgan fingerprint density at radius 3 is 2.68 bits per heavy atom. The van der Waals surface area contributed by atoms with Gasteiger partial charge in [-0.1, -0.05) is 12.1 Å². The molecule has 2 unspecified atom stereocenters. The number of hydrogen-bond acceptors (Lipinski definition) is 4. The first kappa shape index (κ1) is 16.1. The summed E-state index contributed by atoms with van der Waals surface area (Å²) >= 11 is 0. The minimum atomic E-state index is -0.304. The summed E-state index contributed by atoms with van der Waals surface area (Å²) in [5, 5.41) is 6.74. The predicted octanol–water partition coefficient (Wildman–Crippen LogP) is 0.433. The minimum absolute atomic E-state index is 0.0668. The molecule has 1 amide bonds. The van der Waals surface area contributed by atoms with Crippen LogP contribution in [0.3, 0.4) is 0 Å². The van der Waals surface area contributed by atoms with Crippen molar-refractivity contribution in [1.82, 2.24) is 20.0 Å². The number of H-pyrrole nitrogens is 1. The van der Waals surface area contributed by atoms with E-state index >= 15 is 0 Å². The van der Waals surface area contributed by atoms with Crippen molar-refractivity contribution in [2.45, 2.75) is 44.3 Å². The van der Waals surface area contributed by atoms with Crippen LogP contribution in [0.5, 0.6) is 0 Å². The Morgan fingerprint density at radius 1 is 1.08 bits per heavy atom. The molecule has 2 saturated heterocycles. The Kier molecular flexibility index (Phi) is 4.17. The summed E-state index contributed by atoms with van der Waals surface area (Å²) in [4.78, 5) is 39.4. The average molecular weight is 342 g/mol. The summed E-state index contributed by atoms with van der Waals surface area (Å²) in [5.74, 6) is 0.0668. The van der Waals surface area contributed by atoms with E-state index in [0.717, 1.165) is 32.4 Å². The van der Waals surface area contributed by atoms with Crippen LogP contribution < -0.4 is 16.4 Å². The second-order valence-electron chi connectivity index (χ2n) is 6.87. The maximum Gasteiger partial charge on any atom is 0.273 e. The summed E-state index contributed by atoms with van der Waals surface area (Å²) in [6, 6.07) is 7.31. The van der Waals surface area contributed by atoms with E-state index in [-0.39, 0.29) is 36.0 Å². The quantitative estimate of drug-likeness (QED) is 0.847. The van der Waals surface area contributed by atoms with Crippen molar-refractivity contribution in [2.75, 3.05) is 13.1 Å². The number of carbonyl (C=O) groups excluding carboxylic acids is 1. The molecular formula is C18H22N4O3. The van der Waals surface area contributed by atoms with Crippen molar-refractivity contribution in [3.05, 3.63) is 45.0 Å². The fourth-order valence-electron chi connectivity index (χ4n) is 4.13. The number of nitrogens with zero attached hydrogens (tertiary/aromatic N) is 2. The fourth-order valence-corrected chi connectivity index (χ4v) is 4.13. The highest BCUT2D eigenvalue weighted by Gasteiger charge is 2.37. The van der Waals surface area contributed by atoms with Crippen molar-refractivity contribution >= 4 is 16.7 Å². The second-order valence-corrected chi connectivity index (χ2v) is 6.87. The van der Waals surface area contributed by atoms with Crippen LogP contribution >= 0.6 is 0 Å². The number of aromatic nitrogens is 2. The fraction of sp³-hybridized carbons (Fsp3) is 0.500. The molecule has 4 rings (SSSR count). The van der Waals surface area contributed by atoms with Crippen LogP contribution in [-0.4, -0.2) is 45.8 Å². The Balaban J connectivity index is 1.54. The van der Waals surface area contributed by atoms with Gasteiger partial charge in [-0.25, -0.2) is 4.68 Å². The third-order valence-electron chi connectivity index (χ3n) is 5.38. The van der Waals surface area contributed by atoms with Gasteiger partial charge in [0.05, 0.1) is 17.3 Å². The van der Waals surface area contributed by atoms with Crippen molar-refractivity contribution in [2.24, 2.45) is 0 Å². The summed E-state index contributed by atoms with van der Waals surface area (Å²) in [6.07, 6.45) is 3.30. The number of fused-ring (bicyclic) bond motifs is 3. The van der Waals surface area contributed by atoms with Gasteiger partial charge >= 0.3 is 0 Å². The molecule has 2 aromatic rings. The van der Waals surface area contributed by atoms with E-state index in [1.165, 1.54) is 4.68 Å². The third-order valence-corrected chi connectivity index (χ3v) is 5.38. The molecule has 132 valence electrons. The van der Waals surface area contributed by atoms with E-state index in [2.05, 4.69) is 10.4 Å². The maximum absolute atomic E-state index is 12.7. The first-order chi connectivity index (χ1) is 12.1. The Hall–Kier alpha value is -2.41. The van der Waals surface area contributed by atoms with Crippen molar-refractivity contribution < 1.29 is 4.79 Å². The first-order valence-corrected chi connectivity index (χ1v) is 8.89. The van der Waals surface area contributed by atoms with Crippen molar-refractivity contribution in [1.29, 1.82) is 0 Å². The van der Waals surface area contributed by atoms with E-state index in [0.29, 0.717) is 16.8 Å².